The highest BCUT2D eigenvalue weighted by Gasteiger charge is 2.21. The number of carboxylic acids is 1. The molecule has 0 spiro atoms. The van der Waals surface area contributed by atoms with Gasteiger partial charge in [-0.1, -0.05) is 31.9 Å². The first-order chi connectivity index (χ1) is 10.6. The maximum absolute atomic E-state index is 10.8. The molecule has 0 aliphatic heterocycles. The minimum atomic E-state index is -0.936. The second kappa shape index (κ2) is 7.89. The van der Waals surface area contributed by atoms with Gasteiger partial charge in [-0.3, -0.25) is 5.43 Å². The number of carbonyl (C=O) groups is 1. The lowest BCUT2D eigenvalue weighted by molar-refractivity contribution is 0.0697. The van der Waals surface area contributed by atoms with Gasteiger partial charge < -0.3 is 10.4 Å². The van der Waals surface area contributed by atoms with Gasteiger partial charge in [-0.15, -0.1) is 0 Å². The topological polar surface area (TPSA) is 73.7 Å². The zero-order chi connectivity index (χ0) is 15.9. The van der Waals surface area contributed by atoms with Crippen molar-refractivity contribution in [1.29, 1.82) is 0 Å². The van der Waals surface area contributed by atoms with Crippen molar-refractivity contribution >= 4 is 29.5 Å². The number of nitrogens with one attached hydrogen (secondary N) is 2. The highest BCUT2D eigenvalue weighted by molar-refractivity contribution is 7.80. The van der Waals surface area contributed by atoms with Crippen LogP contribution in [0.4, 0.5) is 0 Å². The van der Waals surface area contributed by atoms with Crippen molar-refractivity contribution in [2.75, 3.05) is 0 Å². The summed E-state index contributed by atoms with van der Waals surface area (Å²) in [6, 6.07) is 6.91. The third kappa shape index (κ3) is 4.80. The van der Waals surface area contributed by atoms with E-state index in [1.807, 2.05) is 0 Å². The Morgan fingerprint density at radius 2 is 2.00 bits per heavy atom. The smallest absolute Gasteiger partial charge is 0.335 e. The van der Waals surface area contributed by atoms with Crippen molar-refractivity contribution in [3.05, 3.63) is 35.4 Å². The van der Waals surface area contributed by atoms with Crippen LogP contribution < -0.4 is 10.7 Å². The minimum absolute atomic E-state index is 0.258. The van der Waals surface area contributed by atoms with Crippen LogP contribution in [0.25, 0.3) is 0 Å². The third-order valence-electron chi connectivity index (χ3n) is 3.97. The molecule has 0 bridgehead atoms. The average Bonchev–Trinajstić information content (AvgIpc) is 2.50. The lowest BCUT2D eigenvalue weighted by atomic mass is 9.86. The van der Waals surface area contributed by atoms with Crippen LogP contribution in [0.5, 0.6) is 0 Å². The summed E-state index contributed by atoms with van der Waals surface area (Å²) in [5.41, 5.74) is 3.88. The normalized spacial score (nSPS) is 21.5. The lowest BCUT2D eigenvalue weighted by Crippen LogP contribution is -2.44. The Labute approximate surface area is 135 Å². The standard InChI is InChI=1S/C16H21N3O2S/c1-11-4-2-3-5-14(11)18-16(22)19-17-10-12-6-8-13(9-7-12)15(20)21/h6-11,14H,2-5H2,1H3,(H,20,21)(H2,18,19,22)/b17-10-/t11-,14+/m1/s1. The molecule has 0 amide bonds. The van der Waals surface area contributed by atoms with Gasteiger partial charge in [0.1, 0.15) is 0 Å². The molecule has 6 heteroatoms. The molecule has 0 aromatic heterocycles. The van der Waals surface area contributed by atoms with Crippen LogP contribution >= 0.6 is 12.2 Å². The van der Waals surface area contributed by atoms with E-state index < -0.39 is 5.97 Å². The van der Waals surface area contributed by atoms with E-state index in [-0.39, 0.29) is 5.56 Å². The Kier molecular flexibility index (Phi) is 5.89. The predicted octanol–water partition coefficient (Wildman–Crippen LogP) is 2.76. The van der Waals surface area contributed by atoms with E-state index in [2.05, 4.69) is 22.8 Å². The Morgan fingerprint density at radius 1 is 1.32 bits per heavy atom. The molecule has 0 heterocycles. The molecule has 1 aromatic rings. The fourth-order valence-corrected chi connectivity index (χ4v) is 2.81. The number of rotatable bonds is 4. The SMILES string of the molecule is C[C@@H]1CCCC[C@@H]1NC(=S)N/N=C\c1ccc(C(=O)O)cc1. The second-order valence-electron chi connectivity index (χ2n) is 5.64. The Hall–Kier alpha value is -1.95. The van der Waals surface area contributed by atoms with Crippen molar-refractivity contribution in [3.8, 4) is 0 Å². The molecule has 1 aromatic carbocycles. The summed E-state index contributed by atoms with van der Waals surface area (Å²) in [5, 5.41) is 16.7. The Morgan fingerprint density at radius 3 is 2.64 bits per heavy atom. The largest absolute Gasteiger partial charge is 0.478 e. The van der Waals surface area contributed by atoms with E-state index in [1.54, 1.807) is 30.5 Å². The fraction of sp³-hybridized carbons (Fsp3) is 0.438. The van der Waals surface area contributed by atoms with Gasteiger partial charge in [0.2, 0.25) is 0 Å². The van der Waals surface area contributed by atoms with Crippen molar-refractivity contribution in [2.24, 2.45) is 11.0 Å². The quantitative estimate of drug-likeness (QED) is 0.452. The molecule has 0 radical (unpaired) electrons. The van der Waals surface area contributed by atoms with E-state index in [4.69, 9.17) is 17.3 Å². The van der Waals surface area contributed by atoms with Gasteiger partial charge in [-0.05, 0) is 48.7 Å². The molecule has 2 atom stereocenters. The zero-order valence-corrected chi connectivity index (χ0v) is 13.4. The van der Waals surface area contributed by atoms with E-state index in [0.29, 0.717) is 17.1 Å². The first-order valence-corrected chi connectivity index (χ1v) is 7.90. The van der Waals surface area contributed by atoms with Gasteiger partial charge >= 0.3 is 5.97 Å². The highest BCUT2D eigenvalue weighted by atomic mass is 32.1. The summed E-state index contributed by atoms with van der Waals surface area (Å²) in [7, 11) is 0. The summed E-state index contributed by atoms with van der Waals surface area (Å²) in [6.45, 7) is 2.24. The van der Waals surface area contributed by atoms with E-state index in [0.717, 1.165) is 12.0 Å². The van der Waals surface area contributed by atoms with Crippen molar-refractivity contribution in [3.63, 3.8) is 0 Å². The molecule has 1 aliphatic carbocycles. The minimum Gasteiger partial charge on any atom is -0.478 e. The molecule has 1 fully saturated rings. The molecule has 1 saturated carbocycles. The molecule has 118 valence electrons. The van der Waals surface area contributed by atoms with E-state index >= 15 is 0 Å². The van der Waals surface area contributed by atoms with Gasteiger partial charge in [0.05, 0.1) is 11.8 Å². The van der Waals surface area contributed by atoms with Gasteiger partial charge in [0, 0.05) is 6.04 Å². The number of hydrogen-bond donors (Lipinski definition) is 3. The summed E-state index contributed by atoms with van der Waals surface area (Å²) in [4.78, 5) is 10.8. The Balaban J connectivity index is 1.81. The summed E-state index contributed by atoms with van der Waals surface area (Å²) in [5.74, 6) is -0.311. The Bertz CT molecular complexity index is 557. The molecule has 5 nitrogen and oxygen atoms in total. The molecule has 22 heavy (non-hydrogen) atoms. The second-order valence-corrected chi connectivity index (χ2v) is 6.05. The van der Waals surface area contributed by atoms with Gasteiger partial charge in [0.15, 0.2) is 5.11 Å². The van der Waals surface area contributed by atoms with Gasteiger partial charge in [-0.25, -0.2) is 4.79 Å². The van der Waals surface area contributed by atoms with Crippen molar-refractivity contribution in [2.45, 2.75) is 38.6 Å². The first-order valence-electron chi connectivity index (χ1n) is 7.49. The van der Waals surface area contributed by atoms with Crippen molar-refractivity contribution in [1.82, 2.24) is 10.7 Å². The maximum atomic E-state index is 10.8. The summed E-state index contributed by atoms with van der Waals surface area (Å²) in [6.07, 6.45) is 6.53. The van der Waals surface area contributed by atoms with Crippen LogP contribution in [0.3, 0.4) is 0 Å². The fourth-order valence-electron chi connectivity index (χ4n) is 2.61. The maximum Gasteiger partial charge on any atom is 0.335 e. The van der Waals surface area contributed by atoms with Gasteiger partial charge in [-0.2, -0.15) is 5.10 Å². The monoisotopic (exact) mass is 319 g/mol. The lowest BCUT2D eigenvalue weighted by Gasteiger charge is -2.30. The number of benzene rings is 1. The zero-order valence-electron chi connectivity index (χ0n) is 12.6. The van der Waals surface area contributed by atoms with Crippen molar-refractivity contribution < 1.29 is 9.90 Å². The first kappa shape index (κ1) is 16.4. The van der Waals surface area contributed by atoms with Crippen LogP contribution in [-0.4, -0.2) is 28.4 Å². The van der Waals surface area contributed by atoms with Crippen LogP contribution in [0, 0.1) is 5.92 Å². The predicted molar refractivity (Wildman–Crippen MR) is 91.3 cm³/mol. The summed E-state index contributed by atoms with van der Waals surface area (Å²) >= 11 is 5.24. The van der Waals surface area contributed by atoms with Crippen LogP contribution in [0.2, 0.25) is 0 Å². The molecule has 2 rings (SSSR count). The number of thiocarbonyl (C=S) groups is 1. The summed E-state index contributed by atoms with van der Waals surface area (Å²) < 4.78 is 0. The highest BCUT2D eigenvalue weighted by Crippen LogP contribution is 2.23. The van der Waals surface area contributed by atoms with E-state index in [9.17, 15) is 4.79 Å². The average molecular weight is 319 g/mol. The molecular weight excluding hydrogens is 298 g/mol. The molecule has 1 aliphatic rings. The van der Waals surface area contributed by atoms with Crippen LogP contribution in [-0.2, 0) is 0 Å². The molecule has 3 N–H and O–H groups in total. The van der Waals surface area contributed by atoms with Crippen LogP contribution in [0.1, 0.15) is 48.5 Å². The number of aromatic carboxylic acids is 1. The van der Waals surface area contributed by atoms with Crippen LogP contribution in [0.15, 0.2) is 29.4 Å². The van der Waals surface area contributed by atoms with E-state index in [1.165, 1.54) is 19.3 Å². The number of hydrazone groups is 1. The third-order valence-corrected chi connectivity index (χ3v) is 4.17. The van der Waals surface area contributed by atoms with Gasteiger partial charge in [0.25, 0.3) is 0 Å². The molecular formula is C16H21N3O2S. The number of carboxylic acid groups (broad SMARTS) is 1. The number of nitrogens with zero attached hydrogens (tertiary/aromatic N) is 1. The number of hydrogen-bond acceptors (Lipinski definition) is 3. The molecule has 0 saturated heterocycles. The molecule has 0 unspecified atom stereocenters.